The van der Waals surface area contributed by atoms with Gasteiger partial charge in [0.1, 0.15) is 11.6 Å². The lowest BCUT2D eigenvalue weighted by Crippen LogP contribution is -2.50. The Morgan fingerprint density at radius 2 is 2.06 bits per heavy atom. The quantitative estimate of drug-likeness (QED) is 0.816. The molecule has 1 aromatic rings. The molecule has 0 radical (unpaired) electrons. The fraction of sp³-hybridized carbons (Fsp3) is 0.364. The molecule has 1 amide bonds. The summed E-state index contributed by atoms with van der Waals surface area (Å²) < 4.78 is 25.8. The second-order valence-corrected chi connectivity index (χ2v) is 4.08. The molecule has 1 aromatic carbocycles. The Morgan fingerprint density at radius 3 is 2.56 bits per heavy atom. The van der Waals surface area contributed by atoms with Gasteiger partial charge in [-0.1, -0.05) is 6.07 Å². The third-order valence-electron chi connectivity index (χ3n) is 2.35. The van der Waals surface area contributed by atoms with Gasteiger partial charge in [-0.2, -0.15) is 0 Å². The van der Waals surface area contributed by atoms with Crippen LogP contribution in [0.2, 0.25) is 0 Å². The van der Waals surface area contributed by atoms with Crippen LogP contribution in [0.1, 0.15) is 19.4 Å². The number of carbonyl (C=O) groups is 1. The van der Waals surface area contributed by atoms with Gasteiger partial charge >= 0.3 is 0 Å². The Balaban J connectivity index is 2.72. The summed E-state index contributed by atoms with van der Waals surface area (Å²) in [5, 5.41) is 2.80. The summed E-state index contributed by atoms with van der Waals surface area (Å²) in [6, 6.07) is 3.29. The van der Waals surface area contributed by atoms with Gasteiger partial charge in [0.25, 0.3) is 0 Å². The zero-order chi connectivity index (χ0) is 12.3. The first-order valence-electron chi connectivity index (χ1n) is 4.82. The van der Waals surface area contributed by atoms with Gasteiger partial charge in [-0.3, -0.25) is 10.1 Å². The van der Waals surface area contributed by atoms with E-state index in [-0.39, 0.29) is 12.1 Å². The van der Waals surface area contributed by atoms with E-state index in [1.54, 1.807) is 13.8 Å². The van der Waals surface area contributed by atoms with E-state index in [0.717, 1.165) is 12.1 Å². The van der Waals surface area contributed by atoms with Gasteiger partial charge in [0.2, 0.25) is 5.91 Å². The van der Waals surface area contributed by atoms with Gasteiger partial charge in [0.15, 0.2) is 0 Å². The fourth-order valence-corrected chi connectivity index (χ4v) is 1.07. The normalized spacial score (nSPS) is 11.5. The van der Waals surface area contributed by atoms with Crippen LogP contribution in [0, 0.1) is 11.6 Å². The van der Waals surface area contributed by atoms with E-state index in [4.69, 9.17) is 5.73 Å². The van der Waals surface area contributed by atoms with Gasteiger partial charge < -0.3 is 5.73 Å². The minimum absolute atomic E-state index is 0.113. The summed E-state index contributed by atoms with van der Waals surface area (Å²) in [4.78, 5) is 11.0. The van der Waals surface area contributed by atoms with Gasteiger partial charge in [-0.25, -0.2) is 8.78 Å². The minimum atomic E-state index is -0.930. The molecule has 0 aliphatic carbocycles. The molecular formula is C11H14F2N2O. The van der Waals surface area contributed by atoms with Crippen molar-refractivity contribution in [3.63, 3.8) is 0 Å². The summed E-state index contributed by atoms with van der Waals surface area (Å²) >= 11 is 0. The molecule has 0 saturated heterocycles. The molecule has 3 N–H and O–H groups in total. The topological polar surface area (TPSA) is 55.1 Å². The lowest BCUT2D eigenvalue weighted by molar-refractivity contribution is -0.123. The standard InChI is InChI=1S/C11H14F2N2O/c1-11(2,10(14)16)15-6-7-3-4-8(12)5-9(7)13/h3-5,15H,6H2,1-2H3,(H2,14,16). The zero-order valence-corrected chi connectivity index (χ0v) is 9.18. The number of halogens is 2. The van der Waals surface area contributed by atoms with Crippen molar-refractivity contribution in [1.82, 2.24) is 5.32 Å². The number of amides is 1. The number of nitrogens with two attached hydrogens (primary N) is 1. The van der Waals surface area contributed by atoms with Crippen molar-refractivity contribution < 1.29 is 13.6 Å². The molecule has 0 aliphatic rings. The molecule has 88 valence electrons. The second kappa shape index (κ2) is 4.57. The van der Waals surface area contributed by atoms with Crippen molar-refractivity contribution >= 4 is 5.91 Å². The molecule has 16 heavy (non-hydrogen) atoms. The number of primary amides is 1. The first kappa shape index (κ1) is 12.6. The van der Waals surface area contributed by atoms with E-state index >= 15 is 0 Å². The fourth-order valence-electron chi connectivity index (χ4n) is 1.07. The Labute approximate surface area is 92.6 Å². The Kier molecular flexibility index (Phi) is 3.59. The molecule has 0 unspecified atom stereocenters. The summed E-state index contributed by atoms with van der Waals surface area (Å²) in [7, 11) is 0. The van der Waals surface area contributed by atoms with Crippen molar-refractivity contribution in [2.75, 3.05) is 0 Å². The molecule has 3 nitrogen and oxygen atoms in total. The first-order chi connectivity index (χ1) is 7.33. The van der Waals surface area contributed by atoms with Crippen LogP contribution in [0.5, 0.6) is 0 Å². The van der Waals surface area contributed by atoms with Crippen molar-refractivity contribution in [3.05, 3.63) is 35.4 Å². The molecule has 0 heterocycles. The van der Waals surface area contributed by atoms with Crippen LogP contribution in [0.3, 0.4) is 0 Å². The summed E-state index contributed by atoms with van der Waals surface area (Å²) in [6.07, 6.45) is 0. The van der Waals surface area contributed by atoms with Crippen molar-refractivity contribution in [2.45, 2.75) is 25.9 Å². The number of nitrogens with one attached hydrogen (secondary N) is 1. The van der Waals surface area contributed by atoms with Crippen molar-refractivity contribution in [2.24, 2.45) is 5.73 Å². The Hall–Kier alpha value is -1.49. The number of hydrogen-bond donors (Lipinski definition) is 2. The maximum absolute atomic E-state index is 13.2. The van der Waals surface area contributed by atoms with E-state index in [0.29, 0.717) is 0 Å². The van der Waals surface area contributed by atoms with Gasteiger partial charge in [0.05, 0.1) is 5.54 Å². The highest BCUT2D eigenvalue weighted by atomic mass is 19.1. The molecule has 5 heteroatoms. The van der Waals surface area contributed by atoms with E-state index in [1.807, 2.05) is 0 Å². The number of carbonyl (C=O) groups excluding carboxylic acids is 1. The molecule has 1 rings (SSSR count). The van der Waals surface area contributed by atoms with Crippen molar-refractivity contribution in [1.29, 1.82) is 0 Å². The van der Waals surface area contributed by atoms with Gasteiger partial charge in [-0.05, 0) is 19.9 Å². The number of rotatable bonds is 4. The number of hydrogen-bond acceptors (Lipinski definition) is 2. The molecule has 0 atom stereocenters. The van der Waals surface area contributed by atoms with Gasteiger partial charge in [0, 0.05) is 18.2 Å². The lowest BCUT2D eigenvalue weighted by Gasteiger charge is -2.22. The van der Waals surface area contributed by atoms with E-state index in [1.165, 1.54) is 6.07 Å². The monoisotopic (exact) mass is 228 g/mol. The predicted octanol–water partition coefficient (Wildman–Crippen LogP) is 1.32. The molecule has 0 aromatic heterocycles. The average molecular weight is 228 g/mol. The lowest BCUT2D eigenvalue weighted by atomic mass is 10.0. The summed E-state index contributed by atoms with van der Waals surface area (Å²) in [5.74, 6) is -1.81. The Bertz CT molecular complexity index is 405. The predicted molar refractivity (Wildman–Crippen MR) is 56.5 cm³/mol. The highest BCUT2D eigenvalue weighted by molar-refractivity contribution is 5.83. The van der Waals surface area contributed by atoms with Crippen LogP contribution in [0.15, 0.2) is 18.2 Å². The third-order valence-corrected chi connectivity index (χ3v) is 2.35. The smallest absolute Gasteiger partial charge is 0.237 e. The van der Waals surface area contributed by atoms with Crippen LogP contribution < -0.4 is 11.1 Å². The molecule has 0 aliphatic heterocycles. The SMILES string of the molecule is CC(C)(NCc1ccc(F)cc1F)C(N)=O. The second-order valence-electron chi connectivity index (χ2n) is 4.08. The first-order valence-corrected chi connectivity index (χ1v) is 4.82. The minimum Gasteiger partial charge on any atom is -0.368 e. The van der Waals surface area contributed by atoms with Crippen LogP contribution in [-0.4, -0.2) is 11.4 Å². The van der Waals surface area contributed by atoms with Crippen molar-refractivity contribution in [3.8, 4) is 0 Å². The van der Waals surface area contributed by atoms with Gasteiger partial charge in [-0.15, -0.1) is 0 Å². The maximum atomic E-state index is 13.2. The molecule has 0 fully saturated rings. The van der Waals surface area contributed by atoms with E-state index in [9.17, 15) is 13.6 Å². The van der Waals surface area contributed by atoms with Crippen LogP contribution >= 0.6 is 0 Å². The maximum Gasteiger partial charge on any atom is 0.237 e. The highest BCUT2D eigenvalue weighted by Crippen LogP contribution is 2.11. The summed E-state index contributed by atoms with van der Waals surface area (Å²) in [5.41, 5.74) is 4.50. The van der Waals surface area contributed by atoms with E-state index < -0.39 is 23.1 Å². The number of benzene rings is 1. The molecule has 0 bridgehead atoms. The average Bonchev–Trinajstić information content (AvgIpc) is 2.16. The zero-order valence-electron chi connectivity index (χ0n) is 9.18. The summed E-state index contributed by atoms with van der Waals surface area (Å²) in [6.45, 7) is 3.30. The largest absolute Gasteiger partial charge is 0.368 e. The third kappa shape index (κ3) is 3.00. The van der Waals surface area contributed by atoms with Crippen LogP contribution in [-0.2, 0) is 11.3 Å². The highest BCUT2D eigenvalue weighted by Gasteiger charge is 2.24. The van der Waals surface area contributed by atoms with E-state index in [2.05, 4.69) is 5.32 Å². The molecule has 0 saturated carbocycles. The molecular weight excluding hydrogens is 214 g/mol. The Morgan fingerprint density at radius 1 is 1.44 bits per heavy atom. The van der Waals surface area contributed by atoms with Crippen LogP contribution in [0.25, 0.3) is 0 Å². The van der Waals surface area contributed by atoms with Crippen LogP contribution in [0.4, 0.5) is 8.78 Å². The molecule has 0 spiro atoms.